The molecule has 1 atom stereocenters. The van der Waals surface area contributed by atoms with E-state index in [0.29, 0.717) is 0 Å². The van der Waals surface area contributed by atoms with Crippen LogP contribution in [-0.4, -0.2) is 20.5 Å². The molecule has 0 unspecified atom stereocenters. The van der Waals surface area contributed by atoms with Gasteiger partial charge in [0.05, 0.1) is 6.04 Å². The topological polar surface area (TPSA) is 44.5 Å². The Labute approximate surface area is 78.5 Å². The minimum absolute atomic E-state index is 0.240. The third kappa shape index (κ3) is 2.52. The summed E-state index contributed by atoms with van der Waals surface area (Å²) in [6.07, 6.45) is -0.387. The third-order valence-electron chi connectivity index (χ3n) is 1.94. The minimum Gasteiger partial charge on any atom is -0.354 e. The molecular formula is C10H15NO2. The molecule has 1 rings (SSSR count). The van der Waals surface area contributed by atoms with E-state index >= 15 is 0 Å². The van der Waals surface area contributed by atoms with Gasteiger partial charge in [-0.15, -0.1) is 0 Å². The first-order chi connectivity index (χ1) is 6.29. The van der Waals surface area contributed by atoms with Gasteiger partial charge in [-0.05, 0) is 5.56 Å². The Hall–Kier alpha value is -0.900. The van der Waals surface area contributed by atoms with Crippen molar-refractivity contribution in [3.05, 3.63) is 35.9 Å². The van der Waals surface area contributed by atoms with E-state index in [0.717, 1.165) is 5.56 Å². The van der Waals surface area contributed by atoms with E-state index in [-0.39, 0.29) is 12.3 Å². The van der Waals surface area contributed by atoms with Crippen molar-refractivity contribution in [1.29, 1.82) is 0 Å². The normalized spacial score (nSPS) is 13.2. The Kier molecular flexibility index (Phi) is 3.89. The summed E-state index contributed by atoms with van der Waals surface area (Å²) < 4.78 is 10.1. The van der Waals surface area contributed by atoms with E-state index in [9.17, 15) is 0 Å². The molecule has 0 aliphatic carbocycles. The van der Waals surface area contributed by atoms with Gasteiger partial charge in [-0.25, -0.2) is 0 Å². The summed E-state index contributed by atoms with van der Waals surface area (Å²) in [6.45, 7) is 0. The van der Waals surface area contributed by atoms with Gasteiger partial charge in [0.1, 0.15) is 0 Å². The summed E-state index contributed by atoms with van der Waals surface area (Å²) in [5, 5.41) is 0. The summed E-state index contributed by atoms with van der Waals surface area (Å²) in [7, 11) is 3.16. The molecule has 0 aromatic heterocycles. The molecule has 3 heteroatoms. The summed E-state index contributed by atoms with van der Waals surface area (Å²) in [6, 6.07) is 9.50. The number of ether oxygens (including phenoxy) is 2. The monoisotopic (exact) mass is 181 g/mol. The quantitative estimate of drug-likeness (QED) is 0.712. The molecule has 1 aromatic carbocycles. The maximum atomic E-state index is 5.91. The second kappa shape index (κ2) is 4.97. The first kappa shape index (κ1) is 10.2. The lowest BCUT2D eigenvalue weighted by Gasteiger charge is -2.20. The van der Waals surface area contributed by atoms with Crippen molar-refractivity contribution >= 4 is 0 Å². The van der Waals surface area contributed by atoms with Crippen LogP contribution in [0.1, 0.15) is 11.6 Å². The van der Waals surface area contributed by atoms with Gasteiger partial charge in [-0.2, -0.15) is 0 Å². The Morgan fingerprint density at radius 1 is 1.08 bits per heavy atom. The van der Waals surface area contributed by atoms with Crippen molar-refractivity contribution in [2.45, 2.75) is 12.3 Å². The number of hydrogen-bond acceptors (Lipinski definition) is 3. The molecule has 0 saturated heterocycles. The average Bonchev–Trinajstić information content (AvgIpc) is 2.21. The molecule has 0 aliphatic rings. The third-order valence-corrected chi connectivity index (χ3v) is 1.94. The number of methoxy groups -OCH3 is 2. The fourth-order valence-electron chi connectivity index (χ4n) is 1.22. The molecule has 0 saturated carbocycles. The molecule has 0 heterocycles. The predicted octanol–water partition coefficient (Wildman–Crippen LogP) is 1.31. The van der Waals surface area contributed by atoms with Gasteiger partial charge in [-0.3, -0.25) is 0 Å². The van der Waals surface area contributed by atoms with Gasteiger partial charge in [-0.1, -0.05) is 30.3 Å². The van der Waals surface area contributed by atoms with Crippen LogP contribution in [0.25, 0.3) is 0 Å². The summed E-state index contributed by atoms with van der Waals surface area (Å²) in [4.78, 5) is 0. The zero-order valence-electron chi connectivity index (χ0n) is 7.94. The van der Waals surface area contributed by atoms with Gasteiger partial charge >= 0.3 is 0 Å². The van der Waals surface area contributed by atoms with Crippen LogP contribution in [0, 0.1) is 0 Å². The molecule has 2 N–H and O–H groups in total. The highest BCUT2D eigenvalue weighted by molar-refractivity contribution is 5.18. The molecule has 13 heavy (non-hydrogen) atoms. The van der Waals surface area contributed by atoms with Crippen LogP contribution in [0.4, 0.5) is 0 Å². The molecule has 3 nitrogen and oxygen atoms in total. The summed E-state index contributed by atoms with van der Waals surface area (Å²) >= 11 is 0. The van der Waals surface area contributed by atoms with E-state index in [1.165, 1.54) is 0 Å². The van der Waals surface area contributed by atoms with Crippen molar-refractivity contribution in [3.8, 4) is 0 Å². The average molecular weight is 181 g/mol. The van der Waals surface area contributed by atoms with Crippen LogP contribution < -0.4 is 5.73 Å². The SMILES string of the molecule is COC(OC)[C@@H](N)c1ccccc1. The Balaban J connectivity index is 2.72. The lowest BCUT2D eigenvalue weighted by Crippen LogP contribution is -2.29. The van der Waals surface area contributed by atoms with E-state index < -0.39 is 0 Å². The molecule has 0 radical (unpaired) electrons. The Morgan fingerprint density at radius 3 is 2.08 bits per heavy atom. The number of hydrogen-bond donors (Lipinski definition) is 1. The van der Waals surface area contributed by atoms with E-state index in [4.69, 9.17) is 15.2 Å². The fourth-order valence-corrected chi connectivity index (χ4v) is 1.22. The zero-order chi connectivity index (χ0) is 9.68. The molecule has 72 valence electrons. The van der Waals surface area contributed by atoms with Crippen molar-refractivity contribution in [1.82, 2.24) is 0 Å². The van der Waals surface area contributed by atoms with Gasteiger partial charge in [0.25, 0.3) is 0 Å². The molecule has 0 aliphatic heterocycles. The molecule has 0 fully saturated rings. The van der Waals surface area contributed by atoms with E-state index in [2.05, 4.69) is 0 Å². The van der Waals surface area contributed by atoms with Crippen LogP contribution >= 0.6 is 0 Å². The lowest BCUT2D eigenvalue weighted by atomic mass is 10.1. The van der Waals surface area contributed by atoms with Crippen LogP contribution in [0.2, 0.25) is 0 Å². The van der Waals surface area contributed by atoms with Crippen molar-refractivity contribution < 1.29 is 9.47 Å². The first-order valence-corrected chi connectivity index (χ1v) is 4.15. The van der Waals surface area contributed by atoms with E-state index in [1.807, 2.05) is 30.3 Å². The highest BCUT2D eigenvalue weighted by Crippen LogP contribution is 2.15. The maximum Gasteiger partial charge on any atom is 0.175 e. The summed E-state index contributed by atoms with van der Waals surface area (Å²) in [5.41, 5.74) is 6.92. The van der Waals surface area contributed by atoms with E-state index in [1.54, 1.807) is 14.2 Å². The fraction of sp³-hybridized carbons (Fsp3) is 0.400. The molecule has 0 amide bonds. The number of nitrogens with two attached hydrogens (primary N) is 1. The Bertz CT molecular complexity index is 234. The van der Waals surface area contributed by atoms with Gasteiger partial charge in [0.15, 0.2) is 6.29 Å². The smallest absolute Gasteiger partial charge is 0.175 e. The lowest BCUT2D eigenvalue weighted by molar-refractivity contribution is -0.117. The van der Waals surface area contributed by atoms with Gasteiger partial charge in [0.2, 0.25) is 0 Å². The van der Waals surface area contributed by atoms with Crippen LogP contribution in [0.3, 0.4) is 0 Å². The van der Waals surface area contributed by atoms with Crippen LogP contribution in [-0.2, 0) is 9.47 Å². The largest absolute Gasteiger partial charge is 0.354 e. The van der Waals surface area contributed by atoms with Crippen LogP contribution in [0.15, 0.2) is 30.3 Å². The maximum absolute atomic E-state index is 5.91. The van der Waals surface area contributed by atoms with Crippen molar-refractivity contribution in [2.24, 2.45) is 5.73 Å². The molecule has 1 aromatic rings. The second-order valence-corrected chi connectivity index (χ2v) is 2.78. The van der Waals surface area contributed by atoms with Crippen molar-refractivity contribution in [3.63, 3.8) is 0 Å². The highest BCUT2D eigenvalue weighted by Gasteiger charge is 2.17. The zero-order valence-corrected chi connectivity index (χ0v) is 7.94. The standard InChI is InChI=1S/C10H15NO2/c1-12-10(13-2)9(11)8-6-4-3-5-7-8/h3-7,9-10H,11H2,1-2H3/t9-/m0/s1. The number of benzene rings is 1. The molecule has 0 bridgehead atoms. The minimum atomic E-state index is -0.387. The number of rotatable bonds is 4. The van der Waals surface area contributed by atoms with Crippen molar-refractivity contribution in [2.75, 3.05) is 14.2 Å². The van der Waals surface area contributed by atoms with Gasteiger partial charge < -0.3 is 15.2 Å². The van der Waals surface area contributed by atoms with Gasteiger partial charge in [0, 0.05) is 14.2 Å². The molecular weight excluding hydrogens is 166 g/mol. The first-order valence-electron chi connectivity index (χ1n) is 4.15. The highest BCUT2D eigenvalue weighted by atomic mass is 16.7. The molecule has 0 spiro atoms. The van der Waals surface area contributed by atoms with Crippen LogP contribution in [0.5, 0.6) is 0 Å². The summed E-state index contributed by atoms with van der Waals surface area (Å²) in [5.74, 6) is 0. The Morgan fingerprint density at radius 2 is 1.62 bits per heavy atom. The second-order valence-electron chi connectivity index (χ2n) is 2.78. The predicted molar refractivity (Wildman–Crippen MR) is 51.2 cm³/mol.